The van der Waals surface area contributed by atoms with Crippen molar-refractivity contribution in [3.63, 3.8) is 0 Å². The molecule has 0 fully saturated rings. The molecule has 0 saturated carbocycles. The van der Waals surface area contributed by atoms with Gasteiger partial charge in [0.1, 0.15) is 5.58 Å². The number of hydrogen-bond donors (Lipinski definition) is 0. The lowest BCUT2D eigenvalue weighted by atomic mass is 9.97. The standard InChI is InChI=1S/C23H22ClNO4/c1-13-10-14(2)18-17(11-13)29-22-19(21(18)26)20(15-6-4-7-16(24)12-15)25(23(22)27)8-5-9-28-3/h4,6-7,10-12,20H,5,8-9H2,1-3H3. The molecule has 1 aliphatic heterocycles. The van der Waals surface area contributed by atoms with Gasteiger partial charge < -0.3 is 14.1 Å². The zero-order valence-electron chi connectivity index (χ0n) is 16.6. The molecule has 5 nitrogen and oxygen atoms in total. The highest BCUT2D eigenvalue weighted by atomic mass is 35.5. The fourth-order valence-electron chi connectivity index (χ4n) is 4.15. The van der Waals surface area contributed by atoms with E-state index >= 15 is 0 Å². The first-order valence-corrected chi connectivity index (χ1v) is 9.93. The SMILES string of the molecule is COCCCN1C(=O)c2oc3cc(C)cc(C)c3c(=O)c2C1c1cccc(Cl)c1. The molecule has 2 heterocycles. The van der Waals surface area contributed by atoms with Crippen LogP contribution in [0.25, 0.3) is 11.0 Å². The second-order valence-electron chi connectivity index (χ2n) is 7.43. The Hall–Kier alpha value is -2.63. The van der Waals surface area contributed by atoms with Gasteiger partial charge in [0.15, 0.2) is 5.43 Å². The largest absolute Gasteiger partial charge is 0.450 e. The average Bonchev–Trinajstić information content (AvgIpc) is 2.94. The highest BCUT2D eigenvalue weighted by Gasteiger charge is 2.42. The number of amides is 1. The average molecular weight is 412 g/mol. The monoisotopic (exact) mass is 411 g/mol. The molecule has 1 aliphatic rings. The van der Waals surface area contributed by atoms with Gasteiger partial charge in [0, 0.05) is 25.3 Å². The highest BCUT2D eigenvalue weighted by Crippen LogP contribution is 2.39. The first-order chi connectivity index (χ1) is 13.9. The van der Waals surface area contributed by atoms with Gasteiger partial charge in [0.2, 0.25) is 5.76 Å². The zero-order valence-corrected chi connectivity index (χ0v) is 17.4. The summed E-state index contributed by atoms with van der Waals surface area (Å²) in [4.78, 5) is 28.5. The van der Waals surface area contributed by atoms with Crippen LogP contribution in [0.2, 0.25) is 5.02 Å². The summed E-state index contributed by atoms with van der Waals surface area (Å²) in [6.07, 6.45) is 0.652. The van der Waals surface area contributed by atoms with Crippen molar-refractivity contribution in [3.8, 4) is 0 Å². The number of fused-ring (bicyclic) bond motifs is 2. The van der Waals surface area contributed by atoms with E-state index in [1.54, 1.807) is 30.2 Å². The van der Waals surface area contributed by atoms with Crippen LogP contribution in [-0.4, -0.2) is 31.1 Å². The molecule has 1 unspecified atom stereocenters. The molecule has 0 N–H and O–H groups in total. The summed E-state index contributed by atoms with van der Waals surface area (Å²) >= 11 is 6.21. The number of ether oxygens (including phenoxy) is 1. The van der Waals surface area contributed by atoms with Gasteiger partial charge in [-0.2, -0.15) is 0 Å². The Morgan fingerprint density at radius 2 is 1.97 bits per heavy atom. The first-order valence-electron chi connectivity index (χ1n) is 9.55. The van der Waals surface area contributed by atoms with E-state index in [0.29, 0.717) is 41.1 Å². The number of aryl methyl sites for hydroxylation is 2. The molecule has 0 bridgehead atoms. The van der Waals surface area contributed by atoms with Crippen molar-refractivity contribution in [1.82, 2.24) is 4.90 Å². The third-order valence-electron chi connectivity index (χ3n) is 5.32. The lowest BCUT2D eigenvalue weighted by molar-refractivity contribution is 0.0708. The van der Waals surface area contributed by atoms with E-state index in [9.17, 15) is 9.59 Å². The molecule has 6 heteroatoms. The van der Waals surface area contributed by atoms with Crippen molar-refractivity contribution in [2.24, 2.45) is 0 Å². The van der Waals surface area contributed by atoms with Crippen LogP contribution in [0.1, 0.15) is 45.3 Å². The van der Waals surface area contributed by atoms with Crippen molar-refractivity contribution in [2.45, 2.75) is 26.3 Å². The highest BCUT2D eigenvalue weighted by molar-refractivity contribution is 6.30. The lowest BCUT2D eigenvalue weighted by Crippen LogP contribution is -2.31. The van der Waals surface area contributed by atoms with E-state index < -0.39 is 6.04 Å². The molecule has 150 valence electrons. The normalized spacial score (nSPS) is 15.9. The van der Waals surface area contributed by atoms with Crippen molar-refractivity contribution in [2.75, 3.05) is 20.3 Å². The fourth-order valence-corrected chi connectivity index (χ4v) is 4.35. The molecule has 2 aromatic carbocycles. The third kappa shape index (κ3) is 3.34. The van der Waals surface area contributed by atoms with Crippen LogP contribution in [0.4, 0.5) is 0 Å². The zero-order chi connectivity index (χ0) is 20.7. The number of benzene rings is 2. The van der Waals surface area contributed by atoms with Gasteiger partial charge in [-0.1, -0.05) is 29.8 Å². The third-order valence-corrected chi connectivity index (χ3v) is 5.56. The van der Waals surface area contributed by atoms with Crippen molar-refractivity contribution >= 4 is 28.5 Å². The van der Waals surface area contributed by atoms with Crippen LogP contribution in [-0.2, 0) is 4.74 Å². The molecule has 29 heavy (non-hydrogen) atoms. The smallest absolute Gasteiger partial charge is 0.290 e. The minimum atomic E-state index is -0.533. The molecule has 0 spiro atoms. The number of halogens is 1. The Kier molecular flexibility index (Phi) is 5.19. The minimum absolute atomic E-state index is 0.120. The summed E-state index contributed by atoms with van der Waals surface area (Å²) in [6, 6.07) is 10.5. The summed E-state index contributed by atoms with van der Waals surface area (Å²) in [5, 5.41) is 1.07. The van der Waals surface area contributed by atoms with E-state index in [4.69, 9.17) is 20.8 Å². The van der Waals surface area contributed by atoms with Crippen LogP contribution in [0.15, 0.2) is 45.6 Å². The predicted molar refractivity (Wildman–Crippen MR) is 113 cm³/mol. The molecule has 3 aromatic rings. The van der Waals surface area contributed by atoms with Crippen molar-refractivity contribution < 1.29 is 13.9 Å². The first kappa shape index (κ1) is 19.7. The molecule has 1 aromatic heterocycles. The van der Waals surface area contributed by atoms with E-state index in [2.05, 4.69) is 0 Å². The number of nitrogens with zero attached hydrogens (tertiary/aromatic N) is 1. The number of methoxy groups -OCH3 is 1. The predicted octanol–water partition coefficient (Wildman–Crippen LogP) is 4.64. The van der Waals surface area contributed by atoms with E-state index in [0.717, 1.165) is 16.7 Å². The molecule has 0 radical (unpaired) electrons. The second kappa shape index (κ2) is 7.65. The van der Waals surface area contributed by atoms with Gasteiger partial charge >= 0.3 is 0 Å². The maximum Gasteiger partial charge on any atom is 0.290 e. The number of carbonyl (C=O) groups is 1. The molecule has 0 aliphatic carbocycles. The van der Waals surface area contributed by atoms with Crippen molar-refractivity contribution in [1.29, 1.82) is 0 Å². The van der Waals surface area contributed by atoms with Gasteiger partial charge in [-0.15, -0.1) is 0 Å². The van der Waals surface area contributed by atoms with E-state index in [-0.39, 0.29) is 17.1 Å². The van der Waals surface area contributed by atoms with Crippen LogP contribution in [0.5, 0.6) is 0 Å². The van der Waals surface area contributed by atoms with E-state index in [1.165, 1.54) is 0 Å². The molecular formula is C23H22ClNO4. The Labute approximate surface area is 173 Å². The van der Waals surface area contributed by atoms with E-state index in [1.807, 2.05) is 32.0 Å². The van der Waals surface area contributed by atoms with Gasteiger partial charge in [-0.05, 0) is 55.2 Å². The number of carbonyl (C=O) groups excluding carboxylic acids is 1. The number of rotatable bonds is 5. The molecule has 1 atom stereocenters. The van der Waals surface area contributed by atoms with Gasteiger partial charge in [0.05, 0.1) is 17.0 Å². The van der Waals surface area contributed by atoms with Crippen LogP contribution in [0, 0.1) is 13.8 Å². The van der Waals surface area contributed by atoms with Crippen LogP contribution < -0.4 is 5.43 Å². The lowest BCUT2D eigenvalue weighted by Gasteiger charge is -2.25. The Morgan fingerprint density at radius 1 is 1.17 bits per heavy atom. The Bertz CT molecular complexity index is 1170. The van der Waals surface area contributed by atoms with Gasteiger partial charge in [-0.25, -0.2) is 0 Å². The number of hydrogen-bond acceptors (Lipinski definition) is 4. The van der Waals surface area contributed by atoms with Crippen molar-refractivity contribution in [3.05, 3.63) is 79.7 Å². The van der Waals surface area contributed by atoms with Crippen LogP contribution in [0.3, 0.4) is 0 Å². The Balaban J connectivity index is 1.96. The molecule has 1 amide bonds. The topological polar surface area (TPSA) is 59.8 Å². The summed E-state index contributed by atoms with van der Waals surface area (Å²) in [5.74, 6) is -0.158. The molecule has 4 rings (SSSR count). The molecule has 0 saturated heterocycles. The quantitative estimate of drug-likeness (QED) is 0.573. The Morgan fingerprint density at radius 3 is 2.69 bits per heavy atom. The maximum atomic E-state index is 13.5. The maximum absolute atomic E-state index is 13.5. The minimum Gasteiger partial charge on any atom is -0.450 e. The van der Waals surface area contributed by atoms with Gasteiger partial charge in [-0.3, -0.25) is 9.59 Å². The summed E-state index contributed by atoms with van der Waals surface area (Å²) in [7, 11) is 1.62. The molecular weight excluding hydrogens is 390 g/mol. The fraction of sp³-hybridized carbons (Fsp3) is 0.304. The summed E-state index contributed by atoms with van der Waals surface area (Å²) in [5.41, 5.74) is 3.28. The van der Waals surface area contributed by atoms with Crippen LogP contribution >= 0.6 is 11.6 Å². The second-order valence-corrected chi connectivity index (χ2v) is 7.87. The summed E-state index contributed by atoms with van der Waals surface area (Å²) in [6.45, 7) is 4.79. The van der Waals surface area contributed by atoms with Gasteiger partial charge in [0.25, 0.3) is 5.91 Å². The summed E-state index contributed by atoms with van der Waals surface area (Å²) < 4.78 is 11.2.